The highest BCUT2D eigenvalue weighted by molar-refractivity contribution is 14.0. The molecule has 1 aromatic rings. The Morgan fingerprint density at radius 2 is 2.05 bits per heavy atom. The lowest BCUT2D eigenvalue weighted by atomic mass is 10.1. The average molecular weight is 460 g/mol. The summed E-state index contributed by atoms with van der Waals surface area (Å²) in [6.07, 6.45) is 0.795. The number of hydrogen-bond acceptors (Lipinski definition) is 2. The second kappa shape index (κ2) is 11.3. The van der Waals surface area contributed by atoms with E-state index < -0.39 is 0 Å². The molecule has 0 heterocycles. The van der Waals surface area contributed by atoms with Gasteiger partial charge in [-0.25, -0.2) is 4.39 Å². The third kappa shape index (κ3) is 7.39. The SMILES string of the molecule is CN=C(NCCOC)NCCc1ccc(F)c(Br)c1.I. The molecule has 0 aliphatic heterocycles. The summed E-state index contributed by atoms with van der Waals surface area (Å²) < 4.78 is 18.5. The van der Waals surface area contributed by atoms with E-state index in [2.05, 4.69) is 31.6 Å². The number of rotatable bonds is 6. The highest BCUT2D eigenvalue weighted by Gasteiger charge is 2.01. The first-order valence-corrected chi connectivity index (χ1v) is 6.84. The smallest absolute Gasteiger partial charge is 0.191 e. The summed E-state index contributed by atoms with van der Waals surface area (Å²) in [5.74, 6) is 0.493. The van der Waals surface area contributed by atoms with Gasteiger partial charge in [0.2, 0.25) is 0 Å². The van der Waals surface area contributed by atoms with Gasteiger partial charge in [-0.1, -0.05) is 6.07 Å². The highest BCUT2D eigenvalue weighted by atomic mass is 127. The topological polar surface area (TPSA) is 45.7 Å². The third-order valence-electron chi connectivity index (χ3n) is 2.51. The lowest BCUT2D eigenvalue weighted by Gasteiger charge is -2.11. The molecule has 4 nitrogen and oxygen atoms in total. The Hall–Kier alpha value is -0.410. The van der Waals surface area contributed by atoms with Crippen molar-refractivity contribution < 1.29 is 9.13 Å². The van der Waals surface area contributed by atoms with E-state index >= 15 is 0 Å². The number of nitrogens with one attached hydrogen (secondary N) is 2. The maximum Gasteiger partial charge on any atom is 0.191 e. The molecule has 0 unspecified atom stereocenters. The number of guanidine groups is 1. The number of hydrogen-bond donors (Lipinski definition) is 2. The first-order valence-electron chi connectivity index (χ1n) is 6.04. The van der Waals surface area contributed by atoms with Gasteiger partial charge < -0.3 is 15.4 Å². The molecule has 1 aromatic carbocycles. The van der Waals surface area contributed by atoms with E-state index in [1.165, 1.54) is 6.07 Å². The molecule has 1 rings (SSSR count). The zero-order chi connectivity index (χ0) is 14.1. The van der Waals surface area contributed by atoms with Gasteiger partial charge in [0, 0.05) is 27.2 Å². The molecule has 0 aliphatic rings. The van der Waals surface area contributed by atoms with Crippen LogP contribution in [0.2, 0.25) is 0 Å². The van der Waals surface area contributed by atoms with Crippen LogP contribution in [0, 0.1) is 5.82 Å². The van der Waals surface area contributed by atoms with Crippen LogP contribution >= 0.6 is 39.9 Å². The van der Waals surface area contributed by atoms with Crippen molar-refractivity contribution in [3.63, 3.8) is 0 Å². The summed E-state index contributed by atoms with van der Waals surface area (Å²) in [6, 6.07) is 5.03. The van der Waals surface area contributed by atoms with Crippen LogP contribution in [-0.4, -0.2) is 39.8 Å². The van der Waals surface area contributed by atoms with Crippen LogP contribution in [0.1, 0.15) is 5.56 Å². The van der Waals surface area contributed by atoms with Gasteiger partial charge >= 0.3 is 0 Å². The molecule has 0 saturated heterocycles. The minimum Gasteiger partial charge on any atom is -0.383 e. The maximum atomic E-state index is 13.1. The van der Waals surface area contributed by atoms with Gasteiger partial charge in [-0.3, -0.25) is 4.99 Å². The van der Waals surface area contributed by atoms with E-state index in [0.717, 1.165) is 24.5 Å². The summed E-state index contributed by atoms with van der Waals surface area (Å²) in [7, 11) is 3.38. The first-order chi connectivity index (χ1) is 9.17. The molecule has 0 aliphatic carbocycles. The quantitative estimate of drug-likeness (QED) is 0.297. The van der Waals surface area contributed by atoms with Crippen LogP contribution in [0.15, 0.2) is 27.7 Å². The Morgan fingerprint density at radius 1 is 1.35 bits per heavy atom. The van der Waals surface area contributed by atoms with Crippen molar-refractivity contribution in [1.82, 2.24) is 10.6 Å². The predicted molar refractivity (Wildman–Crippen MR) is 94.5 cm³/mol. The monoisotopic (exact) mass is 459 g/mol. The molecule has 0 aromatic heterocycles. The zero-order valence-electron chi connectivity index (χ0n) is 11.6. The Bertz CT molecular complexity index is 432. The fourth-order valence-electron chi connectivity index (χ4n) is 1.51. The molecule has 0 amide bonds. The lowest BCUT2D eigenvalue weighted by molar-refractivity contribution is 0.203. The molecule has 0 bridgehead atoms. The van der Waals surface area contributed by atoms with E-state index in [-0.39, 0.29) is 29.8 Å². The summed E-state index contributed by atoms with van der Waals surface area (Å²) in [5.41, 5.74) is 1.06. The van der Waals surface area contributed by atoms with E-state index in [0.29, 0.717) is 17.6 Å². The van der Waals surface area contributed by atoms with Crippen molar-refractivity contribution in [2.75, 3.05) is 33.9 Å². The Balaban J connectivity index is 0.00000361. The van der Waals surface area contributed by atoms with E-state index in [9.17, 15) is 4.39 Å². The van der Waals surface area contributed by atoms with Crippen LogP contribution in [0.4, 0.5) is 4.39 Å². The van der Waals surface area contributed by atoms with E-state index in [4.69, 9.17) is 4.74 Å². The summed E-state index contributed by atoms with van der Waals surface area (Å²) >= 11 is 3.18. The van der Waals surface area contributed by atoms with Gasteiger partial charge in [0.25, 0.3) is 0 Å². The Labute approximate surface area is 144 Å². The van der Waals surface area contributed by atoms with Crippen LogP contribution in [0.25, 0.3) is 0 Å². The van der Waals surface area contributed by atoms with Gasteiger partial charge in [-0.05, 0) is 40.0 Å². The minimum absolute atomic E-state index is 0. The third-order valence-corrected chi connectivity index (χ3v) is 3.12. The van der Waals surface area contributed by atoms with Gasteiger partial charge in [0.05, 0.1) is 11.1 Å². The van der Waals surface area contributed by atoms with Crippen LogP contribution in [0.5, 0.6) is 0 Å². The standard InChI is InChI=1S/C13H19BrFN3O.HI/c1-16-13(18-7-8-19-2)17-6-5-10-3-4-12(15)11(14)9-10;/h3-4,9H,5-8H2,1-2H3,(H2,16,17,18);1H. The Morgan fingerprint density at radius 3 is 2.65 bits per heavy atom. The van der Waals surface area contributed by atoms with Gasteiger partial charge in [-0.15, -0.1) is 24.0 Å². The summed E-state index contributed by atoms with van der Waals surface area (Å²) in [5, 5.41) is 6.31. The van der Waals surface area contributed by atoms with Gasteiger partial charge in [0.15, 0.2) is 5.96 Å². The zero-order valence-corrected chi connectivity index (χ0v) is 15.5. The number of benzene rings is 1. The van der Waals surface area contributed by atoms with E-state index in [1.807, 2.05) is 0 Å². The molecule has 0 atom stereocenters. The molecule has 0 fully saturated rings. The van der Waals surface area contributed by atoms with E-state index in [1.54, 1.807) is 26.3 Å². The highest BCUT2D eigenvalue weighted by Crippen LogP contribution is 2.16. The number of halogens is 3. The largest absolute Gasteiger partial charge is 0.383 e. The molecule has 7 heteroatoms. The van der Waals surface area contributed by atoms with Crippen LogP contribution < -0.4 is 10.6 Å². The van der Waals surface area contributed by atoms with Crippen molar-refractivity contribution in [1.29, 1.82) is 0 Å². The van der Waals surface area contributed by atoms with Crippen molar-refractivity contribution >= 4 is 45.9 Å². The number of nitrogens with zero attached hydrogens (tertiary/aromatic N) is 1. The second-order valence-corrected chi connectivity index (χ2v) is 4.77. The average Bonchev–Trinajstić information content (AvgIpc) is 2.41. The molecule has 20 heavy (non-hydrogen) atoms. The molecule has 0 radical (unpaired) electrons. The molecule has 0 spiro atoms. The molecular formula is C13H20BrFIN3O. The van der Waals surface area contributed by atoms with Gasteiger partial charge in [0.1, 0.15) is 5.82 Å². The normalized spacial score (nSPS) is 10.9. The summed E-state index contributed by atoms with van der Waals surface area (Å²) in [4.78, 5) is 4.09. The number of methoxy groups -OCH3 is 1. The number of ether oxygens (including phenoxy) is 1. The molecular weight excluding hydrogens is 440 g/mol. The van der Waals surface area contributed by atoms with Gasteiger partial charge in [-0.2, -0.15) is 0 Å². The van der Waals surface area contributed by atoms with Crippen molar-refractivity contribution in [3.05, 3.63) is 34.1 Å². The Kier molecular flexibility index (Phi) is 11.0. The fraction of sp³-hybridized carbons (Fsp3) is 0.462. The van der Waals surface area contributed by atoms with Crippen molar-refractivity contribution in [2.45, 2.75) is 6.42 Å². The van der Waals surface area contributed by atoms with Crippen LogP contribution in [-0.2, 0) is 11.2 Å². The second-order valence-electron chi connectivity index (χ2n) is 3.92. The summed E-state index contributed by atoms with van der Waals surface area (Å²) in [6.45, 7) is 2.06. The fourth-order valence-corrected chi connectivity index (χ4v) is 1.94. The molecule has 114 valence electrons. The van der Waals surface area contributed by atoms with Crippen molar-refractivity contribution in [2.24, 2.45) is 4.99 Å². The first kappa shape index (κ1) is 19.6. The molecule has 0 saturated carbocycles. The minimum atomic E-state index is -0.242. The maximum absolute atomic E-state index is 13.1. The van der Waals surface area contributed by atoms with Crippen molar-refractivity contribution in [3.8, 4) is 0 Å². The molecule has 2 N–H and O–H groups in total. The number of aliphatic imine (C=N–C) groups is 1. The predicted octanol–water partition coefficient (Wildman–Crippen LogP) is 2.56. The van der Waals surface area contributed by atoms with Crippen LogP contribution in [0.3, 0.4) is 0 Å². The lowest BCUT2D eigenvalue weighted by Crippen LogP contribution is -2.39.